The van der Waals surface area contributed by atoms with Crippen LogP contribution in [0.3, 0.4) is 0 Å². The first-order valence-electron chi connectivity index (χ1n) is 5.74. The molecule has 0 fully saturated rings. The number of hydrogen-bond donors (Lipinski definition) is 1. The lowest BCUT2D eigenvalue weighted by Crippen LogP contribution is -2.10. The molecule has 0 aliphatic rings. The Balaban J connectivity index is 2.11. The van der Waals surface area contributed by atoms with E-state index in [1.165, 1.54) is 0 Å². The molecule has 0 amide bonds. The molecule has 3 rings (SSSR count). The molecule has 0 aromatic carbocycles. The molecule has 3 aromatic rings. The fourth-order valence-corrected chi connectivity index (χ4v) is 1.81. The summed E-state index contributed by atoms with van der Waals surface area (Å²) >= 11 is 0. The summed E-state index contributed by atoms with van der Waals surface area (Å²) in [6.45, 7) is 1.91. The molecule has 5 heteroatoms. The number of H-pyrrole nitrogens is 1. The Hall–Kier alpha value is -2.30. The average Bonchev–Trinajstić information content (AvgIpc) is 2.93. The van der Waals surface area contributed by atoms with Gasteiger partial charge in [0, 0.05) is 14.1 Å². The zero-order valence-electron chi connectivity index (χ0n) is 10.6. The van der Waals surface area contributed by atoms with Gasteiger partial charge in [0.25, 0.3) is 0 Å². The van der Waals surface area contributed by atoms with Crippen LogP contribution in [0.15, 0.2) is 28.7 Å². The van der Waals surface area contributed by atoms with Crippen molar-refractivity contribution in [2.45, 2.75) is 6.92 Å². The standard InChI is InChI=1S/C13H14N4O/c1-8-4-6-10(18-8)13-14-9-5-7-11(17(2)3)15-12(9)16-13/h4-7H,1-3H3,(H,14,15,16). The first-order chi connectivity index (χ1) is 8.63. The average molecular weight is 242 g/mol. The lowest BCUT2D eigenvalue weighted by molar-refractivity contribution is 0.545. The smallest absolute Gasteiger partial charge is 0.180 e. The highest BCUT2D eigenvalue weighted by Gasteiger charge is 2.10. The second-order valence-corrected chi connectivity index (χ2v) is 4.43. The Morgan fingerprint density at radius 1 is 1.11 bits per heavy atom. The number of rotatable bonds is 2. The Kier molecular flexibility index (Phi) is 2.33. The van der Waals surface area contributed by atoms with Crippen molar-refractivity contribution < 1.29 is 4.42 Å². The van der Waals surface area contributed by atoms with Crippen LogP contribution in [0.5, 0.6) is 0 Å². The van der Waals surface area contributed by atoms with E-state index in [1.54, 1.807) is 0 Å². The van der Waals surface area contributed by atoms with Gasteiger partial charge in [0.15, 0.2) is 17.2 Å². The maximum Gasteiger partial charge on any atom is 0.180 e. The predicted octanol–water partition coefficient (Wildman–Crippen LogP) is 2.59. The highest BCUT2D eigenvalue weighted by Crippen LogP contribution is 2.22. The fraction of sp³-hybridized carbons (Fsp3) is 0.231. The number of aromatic nitrogens is 3. The van der Waals surface area contributed by atoms with Crippen molar-refractivity contribution in [3.05, 3.63) is 30.0 Å². The molecule has 92 valence electrons. The van der Waals surface area contributed by atoms with Crippen LogP contribution in [-0.2, 0) is 0 Å². The first kappa shape index (κ1) is 10.8. The van der Waals surface area contributed by atoms with E-state index in [1.807, 2.05) is 50.2 Å². The molecule has 0 unspecified atom stereocenters. The number of nitrogens with zero attached hydrogens (tertiary/aromatic N) is 3. The summed E-state index contributed by atoms with van der Waals surface area (Å²) in [5.41, 5.74) is 1.61. The molecule has 0 bridgehead atoms. The number of hydrogen-bond acceptors (Lipinski definition) is 4. The highest BCUT2D eigenvalue weighted by atomic mass is 16.3. The summed E-state index contributed by atoms with van der Waals surface area (Å²) < 4.78 is 5.54. The van der Waals surface area contributed by atoms with Gasteiger partial charge in [-0.25, -0.2) is 9.97 Å². The van der Waals surface area contributed by atoms with E-state index in [0.717, 1.165) is 22.9 Å². The quantitative estimate of drug-likeness (QED) is 0.750. The molecule has 0 aliphatic heterocycles. The molecular weight excluding hydrogens is 228 g/mol. The number of furan rings is 1. The number of fused-ring (bicyclic) bond motifs is 1. The summed E-state index contributed by atoms with van der Waals surface area (Å²) in [4.78, 5) is 14.1. The lowest BCUT2D eigenvalue weighted by Gasteiger charge is -2.09. The summed E-state index contributed by atoms with van der Waals surface area (Å²) in [6, 6.07) is 7.75. The largest absolute Gasteiger partial charge is 0.458 e. The van der Waals surface area contributed by atoms with Crippen LogP contribution in [0.1, 0.15) is 5.76 Å². The molecule has 18 heavy (non-hydrogen) atoms. The van der Waals surface area contributed by atoms with E-state index in [2.05, 4.69) is 15.0 Å². The van der Waals surface area contributed by atoms with E-state index in [9.17, 15) is 0 Å². The highest BCUT2D eigenvalue weighted by molar-refractivity contribution is 5.76. The van der Waals surface area contributed by atoms with Crippen molar-refractivity contribution in [1.29, 1.82) is 0 Å². The molecule has 0 spiro atoms. The van der Waals surface area contributed by atoms with Crippen molar-refractivity contribution in [2.75, 3.05) is 19.0 Å². The van der Waals surface area contributed by atoms with Gasteiger partial charge in [0.2, 0.25) is 0 Å². The van der Waals surface area contributed by atoms with Crippen molar-refractivity contribution in [1.82, 2.24) is 15.0 Å². The van der Waals surface area contributed by atoms with Gasteiger partial charge in [-0.05, 0) is 31.2 Å². The zero-order chi connectivity index (χ0) is 12.7. The monoisotopic (exact) mass is 242 g/mol. The van der Waals surface area contributed by atoms with Crippen LogP contribution >= 0.6 is 0 Å². The third-order valence-corrected chi connectivity index (χ3v) is 2.76. The van der Waals surface area contributed by atoms with Crippen LogP contribution in [0.4, 0.5) is 5.82 Å². The van der Waals surface area contributed by atoms with E-state index in [4.69, 9.17) is 4.42 Å². The van der Waals surface area contributed by atoms with Crippen molar-refractivity contribution >= 4 is 17.0 Å². The number of nitrogens with one attached hydrogen (secondary N) is 1. The molecular formula is C13H14N4O. The first-order valence-corrected chi connectivity index (χ1v) is 5.74. The second kappa shape index (κ2) is 3.87. The van der Waals surface area contributed by atoms with Gasteiger partial charge in [-0.3, -0.25) is 0 Å². The van der Waals surface area contributed by atoms with Crippen LogP contribution < -0.4 is 4.90 Å². The predicted molar refractivity (Wildman–Crippen MR) is 70.7 cm³/mol. The molecule has 0 aliphatic carbocycles. The van der Waals surface area contributed by atoms with Gasteiger partial charge in [-0.2, -0.15) is 0 Å². The number of anilines is 1. The molecule has 0 atom stereocenters. The van der Waals surface area contributed by atoms with Crippen molar-refractivity contribution in [2.24, 2.45) is 0 Å². The van der Waals surface area contributed by atoms with Crippen molar-refractivity contribution in [3.63, 3.8) is 0 Å². The molecule has 3 heterocycles. The molecule has 0 radical (unpaired) electrons. The van der Waals surface area contributed by atoms with Crippen LogP contribution in [-0.4, -0.2) is 29.0 Å². The Morgan fingerprint density at radius 3 is 2.61 bits per heavy atom. The fourth-order valence-electron chi connectivity index (χ4n) is 1.81. The number of aryl methyl sites for hydroxylation is 1. The Labute approximate surface area is 104 Å². The van der Waals surface area contributed by atoms with Crippen LogP contribution in [0.25, 0.3) is 22.7 Å². The van der Waals surface area contributed by atoms with Crippen molar-refractivity contribution in [3.8, 4) is 11.6 Å². The van der Waals surface area contributed by atoms with Gasteiger partial charge < -0.3 is 14.3 Å². The summed E-state index contributed by atoms with van der Waals surface area (Å²) in [6.07, 6.45) is 0. The zero-order valence-corrected chi connectivity index (χ0v) is 10.6. The van der Waals surface area contributed by atoms with Gasteiger partial charge in [0.1, 0.15) is 11.6 Å². The topological polar surface area (TPSA) is 58.0 Å². The molecule has 3 aromatic heterocycles. The SMILES string of the molecule is Cc1ccc(-c2nc3nc(N(C)C)ccc3[nH]2)o1. The van der Waals surface area contributed by atoms with E-state index in [-0.39, 0.29) is 0 Å². The minimum Gasteiger partial charge on any atom is -0.458 e. The Bertz CT molecular complexity index is 696. The lowest BCUT2D eigenvalue weighted by atomic mass is 10.4. The summed E-state index contributed by atoms with van der Waals surface area (Å²) in [5, 5.41) is 0. The Morgan fingerprint density at radius 2 is 1.94 bits per heavy atom. The number of imidazole rings is 1. The van der Waals surface area contributed by atoms with Gasteiger partial charge >= 0.3 is 0 Å². The summed E-state index contributed by atoms with van der Waals surface area (Å²) in [5.74, 6) is 3.20. The van der Waals surface area contributed by atoms with E-state index in [0.29, 0.717) is 11.5 Å². The van der Waals surface area contributed by atoms with Crippen LogP contribution in [0, 0.1) is 6.92 Å². The molecule has 0 saturated heterocycles. The maximum atomic E-state index is 5.54. The van der Waals surface area contributed by atoms with Gasteiger partial charge in [0.05, 0.1) is 5.52 Å². The summed E-state index contributed by atoms with van der Waals surface area (Å²) in [7, 11) is 3.91. The third kappa shape index (κ3) is 1.73. The normalized spacial score (nSPS) is 11.1. The van der Waals surface area contributed by atoms with Gasteiger partial charge in [-0.15, -0.1) is 0 Å². The van der Waals surface area contributed by atoms with E-state index < -0.39 is 0 Å². The van der Waals surface area contributed by atoms with Gasteiger partial charge in [-0.1, -0.05) is 0 Å². The minimum absolute atomic E-state index is 0.699. The number of pyridine rings is 1. The minimum atomic E-state index is 0.699. The maximum absolute atomic E-state index is 5.54. The molecule has 5 nitrogen and oxygen atoms in total. The third-order valence-electron chi connectivity index (χ3n) is 2.76. The molecule has 1 N–H and O–H groups in total. The van der Waals surface area contributed by atoms with E-state index >= 15 is 0 Å². The molecule has 0 saturated carbocycles. The number of aromatic amines is 1. The van der Waals surface area contributed by atoms with Crippen LogP contribution in [0.2, 0.25) is 0 Å². The second-order valence-electron chi connectivity index (χ2n) is 4.43.